The maximum Gasteiger partial charge on any atom is 0.282 e. The minimum absolute atomic E-state index is 0.0647. The molecule has 0 aliphatic carbocycles. The fourth-order valence-corrected chi connectivity index (χ4v) is 2.57. The van der Waals surface area contributed by atoms with E-state index in [1.807, 2.05) is 0 Å². The van der Waals surface area contributed by atoms with E-state index in [4.69, 9.17) is 0 Å². The van der Waals surface area contributed by atoms with Gasteiger partial charge in [-0.2, -0.15) is 0 Å². The van der Waals surface area contributed by atoms with E-state index >= 15 is 0 Å². The second-order valence-corrected chi connectivity index (χ2v) is 5.14. The van der Waals surface area contributed by atoms with E-state index in [1.54, 1.807) is 12.1 Å². The fraction of sp³-hybridized carbons (Fsp3) is 0.125. The number of nitro groups is 1. The Balaban J connectivity index is 1.84. The number of imide groups is 1. The summed E-state index contributed by atoms with van der Waals surface area (Å²) in [4.78, 5) is 36.1. The molecule has 2 aromatic rings. The van der Waals surface area contributed by atoms with Crippen molar-refractivity contribution in [1.29, 1.82) is 0 Å². The Morgan fingerprint density at radius 3 is 2.39 bits per heavy atom. The number of carbonyl (C=O) groups excluding carboxylic acids is 2. The first-order chi connectivity index (χ1) is 11.0. The van der Waals surface area contributed by atoms with Crippen LogP contribution in [0.5, 0.6) is 5.75 Å². The van der Waals surface area contributed by atoms with E-state index in [0.29, 0.717) is 6.42 Å². The van der Waals surface area contributed by atoms with Gasteiger partial charge in [-0.15, -0.1) is 0 Å². The number of benzene rings is 2. The third-order valence-corrected chi connectivity index (χ3v) is 3.73. The van der Waals surface area contributed by atoms with Gasteiger partial charge in [0.15, 0.2) is 0 Å². The van der Waals surface area contributed by atoms with Crippen LogP contribution in [0.2, 0.25) is 0 Å². The Morgan fingerprint density at radius 2 is 1.74 bits per heavy atom. The minimum atomic E-state index is -0.659. The number of nitro benzene ring substituents is 1. The van der Waals surface area contributed by atoms with Gasteiger partial charge in [-0.1, -0.05) is 18.2 Å². The molecule has 1 N–H and O–H groups in total. The molecule has 0 unspecified atom stereocenters. The molecule has 3 rings (SSSR count). The molecule has 116 valence electrons. The van der Waals surface area contributed by atoms with Crippen molar-refractivity contribution in [2.75, 3.05) is 6.54 Å². The van der Waals surface area contributed by atoms with Crippen molar-refractivity contribution in [2.45, 2.75) is 6.42 Å². The SMILES string of the molecule is O=C1c2cccc([N+](=O)[O-])c2C(=O)N1CCc1ccc(O)cc1. The molecule has 0 atom stereocenters. The summed E-state index contributed by atoms with van der Waals surface area (Å²) in [7, 11) is 0. The van der Waals surface area contributed by atoms with Crippen LogP contribution in [0.1, 0.15) is 26.3 Å². The standard InChI is InChI=1S/C16H12N2O5/c19-11-6-4-10(5-7-11)8-9-17-15(20)12-2-1-3-13(18(22)23)14(12)16(17)21/h1-7,19H,8-9H2. The maximum absolute atomic E-state index is 12.4. The van der Waals surface area contributed by atoms with Crippen molar-refractivity contribution in [1.82, 2.24) is 4.90 Å². The molecule has 0 saturated heterocycles. The molecule has 0 radical (unpaired) electrons. The fourth-order valence-electron chi connectivity index (χ4n) is 2.57. The predicted octanol–water partition coefficient (Wildman–Crippen LogP) is 2.14. The summed E-state index contributed by atoms with van der Waals surface area (Å²) in [6.45, 7) is 0.119. The van der Waals surface area contributed by atoms with Crippen LogP contribution in [-0.2, 0) is 6.42 Å². The van der Waals surface area contributed by atoms with Gasteiger partial charge in [-0.05, 0) is 30.2 Å². The normalized spacial score (nSPS) is 13.3. The van der Waals surface area contributed by atoms with Crippen LogP contribution >= 0.6 is 0 Å². The molecule has 23 heavy (non-hydrogen) atoms. The second-order valence-electron chi connectivity index (χ2n) is 5.14. The largest absolute Gasteiger partial charge is 0.508 e. The molecule has 1 aliphatic rings. The van der Waals surface area contributed by atoms with Crippen molar-refractivity contribution < 1.29 is 19.6 Å². The zero-order valence-electron chi connectivity index (χ0n) is 11.9. The second kappa shape index (κ2) is 5.53. The van der Waals surface area contributed by atoms with E-state index in [0.717, 1.165) is 10.5 Å². The van der Waals surface area contributed by atoms with Crippen molar-refractivity contribution in [2.24, 2.45) is 0 Å². The first-order valence-electron chi connectivity index (χ1n) is 6.90. The molecule has 1 aliphatic heterocycles. The van der Waals surface area contributed by atoms with Crippen molar-refractivity contribution in [3.05, 3.63) is 69.3 Å². The number of phenolic OH excluding ortho intramolecular Hbond substituents is 1. The van der Waals surface area contributed by atoms with Crippen molar-refractivity contribution >= 4 is 17.5 Å². The Labute approximate surface area is 130 Å². The monoisotopic (exact) mass is 312 g/mol. The highest BCUT2D eigenvalue weighted by molar-refractivity contribution is 6.23. The average Bonchev–Trinajstić information content (AvgIpc) is 2.78. The molecule has 7 nitrogen and oxygen atoms in total. The van der Waals surface area contributed by atoms with Crippen LogP contribution in [0.25, 0.3) is 0 Å². The van der Waals surface area contributed by atoms with Gasteiger partial charge in [0.2, 0.25) is 0 Å². The van der Waals surface area contributed by atoms with E-state index in [2.05, 4.69) is 0 Å². The predicted molar refractivity (Wildman–Crippen MR) is 80.3 cm³/mol. The zero-order valence-corrected chi connectivity index (χ0v) is 11.9. The average molecular weight is 312 g/mol. The lowest BCUT2D eigenvalue weighted by Gasteiger charge is -2.13. The molecule has 0 saturated carbocycles. The number of aromatic hydroxyl groups is 1. The van der Waals surface area contributed by atoms with Crippen LogP contribution in [0.4, 0.5) is 5.69 Å². The lowest BCUT2D eigenvalue weighted by molar-refractivity contribution is -0.385. The van der Waals surface area contributed by atoms with Crippen LogP contribution in [0.15, 0.2) is 42.5 Å². The molecule has 0 fully saturated rings. The molecule has 0 aromatic heterocycles. The molecular weight excluding hydrogens is 300 g/mol. The lowest BCUT2D eigenvalue weighted by Crippen LogP contribution is -2.31. The summed E-state index contributed by atoms with van der Waals surface area (Å²) in [6, 6.07) is 10.4. The van der Waals surface area contributed by atoms with Gasteiger partial charge in [0.05, 0.1) is 10.5 Å². The quantitative estimate of drug-likeness (QED) is 0.529. The zero-order chi connectivity index (χ0) is 16.6. The maximum atomic E-state index is 12.4. The molecule has 7 heteroatoms. The smallest absolute Gasteiger partial charge is 0.282 e. The summed E-state index contributed by atoms with van der Waals surface area (Å²) >= 11 is 0. The highest BCUT2D eigenvalue weighted by atomic mass is 16.6. The van der Waals surface area contributed by atoms with Gasteiger partial charge in [0.1, 0.15) is 11.3 Å². The van der Waals surface area contributed by atoms with E-state index in [1.165, 1.54) is 30.3 Å². The molecule has 2 amide bonds. The van der Waals surface area contributed by atoms with Crippen LogP contribution in [0, 0.1) is 10.1 Å². The highest BCUT2D eigenvalue weighted by Crippen LogP contribution is 2.30. The number of phenols is 1. The van der Waals surface area contributed by atoms with Gasteiger partial charge >= 0.3 is 0 Å². The Hall–Kier alpha value is -3.22. The molecule has 1 heterocycles. The highest BCUT2D eigenvalue weighted by Gasteiger charge is 2.40. The van der Waals surface area contributed by atoms with Gasteiger partial charge in [-0.25, -0.2) is 0 Å². The number of amides is 2. The summed E-state index contributed by atoms with van der Waals surface area (Å²) < 4.78 is 0. The summed E-state index contributed by atoms with van der Waals surface area (Å²) in [5, 5.41) is 20.3. The molecule has 0 spiro atoms. The number of carbonyl (C=O) groups is 2. The molecule has 0 bridgehead atoms. The van der Waals surface area contributed by atoms with Gasteiger partial charge < -0.3 is 5.11 Å². The van der Waals surface area contributed by atoms with Crippen molar-refractivity contribution in [3.8, 4) is 5.75 Å². The van der Waals surface area contributed by atoms with Gasteiger partial charge in [-0.3, -0.25) is 24.6 Å². The topological polar surface area (TPSA) is 101 Å². The van der Waals surface area contributed by atoms with Crippen LogP contribution in [0.3, 0.4) is 0 Å². The summed E-state index contributed by atoms with van der Waals surface area (Å²) in [5.74, 6) is -1.03. The van der Waals surface area contributed by atoms with E-state index in [9.17, 15) is 24.8 Å². The molecular formula is C16H12N2O5. The van der Waals surface area contributed by atoms with Crippen LogP contribution < -0.4 is 0 Å². The number of nitrogens with zero attached hydrogens (tertiary/aromatic N) is 2. The first-order valence-corrected chi connectivity index (χ1v) is 6.90. The van der Waals surface area contributed by atoms with Gasteiger partial charge in [0.25, 0.3) is 17.5 Å². The Kier molecular flexibility index (Phi) is 3.53. The molecule has 2 aromatic carbocycles. The Morgan fingerprint density at radius 1 is 1.04 bits per heavy atom. The van der Waals surface area contributed by atoms with Gasteiger partial charge in [0, 0.05) is 12.6 Å². The van der Waals surface area contributed by atoms with Crippen LogP contribution in [-0.4, -0.2) is 33.3 Å². The summed E-state index contributed by atoms with van der Waals surface area (Å²) in [6.07, 6.45) is 0.402. The van der Waals surface area contributed by atoms with Crippen molar-refractivity contribution in [3.63, 3.8) is 0 Å². The number of hydrogen-bond acceptors (Lipinski definition) is 5. The van der Waals surface area contributed by atoms with E-state index in [-0.39, 0.29) is 29.1 Å². The third kappa shape index (κ3) is 2.52. The number of fused-ring (bicyclic) bond motifs is 1. The number of rotatable bonds is 4. The summed E-state index contributed by atoms with van der Waals surface area (Å²) in [5.41, 5.74) is 0.407. The number of hydrogen-bond donors (Lipinski definition) is 1. The lowest BCUT2D eigenvalue weighted by atomic mass is 10.1. The minimum Gasteiger partial charge on any atom is -0.508 e. The first kappa shape index (κ1) is 14.7. The van der Waals surface area contributed by atoms with E-state index < -0.39 is 16.7 Å². The Bertz CT molecular complexity index is 814. The third-order valence-electron chi connectivity index (χ3n) is 3.73.